The minimum absolute atomic E-state index is 0.0412. The zero-order valence-electron chi connectivity index (χ0n) is 44.0. The van der Waals surface area contributed by atoms with Crippen LogP contribution in [0.3, 0.4) is 0 Å². The highest BCUT2D eigenvalue weighted by molar-refractivity contribution is 6.31. The lowest BCUT2D eigenvalue weighted by atomic mass is 10.0. The van der Waals surface area contributed by atoms with Crippen molar-refractivity contribution in [2.45, 2.75) is 97.3 Å². The maximum absolute atomic E-state index is 13.6. The summed E-state index contributed by atoms with van der Waals surface area (Å²) in [4.78, 5) is 33.5. The first-order valence-electron chi connectivity index (χ1n) is 25.5. The molecule has 0 spiro atoms. The molecule has 74 heavy (non-hydrogen) atoms. The average molecular weight is 1050 g/mol. The van der Waals surface area contributed by atoms with Gasteiger partial charge in [-0.15, -0.1) is 0 Å². The SMILES string of the molecule is CC(=N)N(C(=N)C(C)C)C(C)CC1CCC(C)N1CCC(NC(=O)CCOCCOCCOCCOC/C(C=NCCOCCOCCOCCOCCC(=O)Oc1c(F)cc(F)cc1F)=N/N)c1ccccc1. The van der Waals surface area contributed by atoms with Crippen LogP contribution >= 0.6 is 0 Å². The molecule has 0 aromatic heterocycles. The second kappa shape index (κ2) is 37.8. The predicted molar refractivity (Wildman–Crippen MR) is 276 cm³/mol. The number of nitrogens with zero attached hydrogens (tertiary/aromatic N) is 4. The van der Waals surface area contributed by atoms with Crippen molar-refractivity contribution in [2.75, 3.05) is 119 Å². The molecule has 1 aliphatic rings. The molecule has 0 bridgehead atoms. The highest BCUT2D eigenvalue weighted by Gasteiger charge is 2.34. The molecular formula is C52H81F3N8O11. The molecule has 3 rings (SSSR count). The summed E-state index contributed by atoms with van der Waals surface area (Å²) in [6, 6.07) is 11.6. The molecule has 5 N–H and O–H groups in total. The lowest BCUT2D eigenvalue weighted by molar-refractivity contribution is -0.136. The number of amides is 1. The Labute approximate surface area is 434 Å². The lowest BCUT2D eigenvalue weighted by Gasteiger charge is -2.37. The van der Waals surface area contributed by atoms with E-state index in [0.717, 1.165) is 37.8 Å². The molecule has 1 aliphatic heterocycles. The van der Waals surface area contributed by atoms with E-state index in [-0.39, 0.29) is 69.8 Å². The van der Waals surface area contributed by atoms with Crippen LogP contribution in [-0.2, 0) is 47.5 Å². The van der Waals surface area contributed by atoms with Gasteiger partial charge in [0.15, 0.2) is 11.6 Å². The number of nitrogens with one attached hydrogen (secondary N) is 3. The normalized spacial score (nSPS) is 16.0. The standard InChI is InChI=1S/C52H81F3N8O11/c1-38(2)52(57)63(41(5)56)40(4)33-45-12-11-39(3)62(45)17-13-48(42-9-7-6-8-10-42)60-49(64)14-18-66-21-24-69-29-30-72-31-32-73-37-44(61-58)36-59-16-20-68-23-26-71-28-27-70-25-22-67-19-15-50(65)74-51-46(54)34-43(53)35-47(51)55/h6-10,34-36,38-40,45,48,56-57H,11-33,37,58H2,1-5H3,(H,60,64)/b56-41?,57-52?,59-36?,61-44+. The predicted octanol–water partition coefficient (Wildman–Crippen LogP) is 6.12. The molecule has 19 nitrogen and oxygen atoms in total. The molecule has 1 fully saturated rings. The first-order valence-corrected chi connectivity index (χ1v) is 25.5. The quantitative estimate of drug-likeness (QED) is 0.0112. The van der Waals surface area contributed by atoms with Crippen molar-refractivity contribution < 1.29 is 65.4 Å². The van der Waals surface area contributed by atoms with Gasteiger partial charge in [-0.1, -0.05) is 44.2 Å². The first-order chi connectivity index (χ1) is 35.7. The number of hydrogen-bond donors (Lipinski definition) is 4. The maximum atomic E-state index is 13.6. The molecule has 1 amide bonds. The third kappa shape index (κ3) is 26.0. The van der Waals surface area contributed by atoms with E-state index in [1.54, 1.807) is 6.92 Å². The number of esters is 1. The average Bonchev–Trinajstić information content (AvgIpc) is 3.71. The van der Waals surface area contributed by atoms with Crippen molar-refractivity contribution in [2.24, 2.45) is 21.9 Å². The molecule has 0 aliphatic carbocycles. The van der Waals surface area contributed by atoms with Crippen molar-refractivity contribution in [1.82, 2.24) is 15.1 Å². The smallest absolute Gasteiger partial charge is 0.313 e. The number of hydrogen-bond acceptors (Lipinski definition) is 17. The van der Waals surface area contributed by atoms with Gasteiger partial charge in [-0.05, 0) is 52.0 Å². The Bertz CT molecular complexity index is 1970. The van der Waals surface area contributed by atoms with Crippen molar-refractivity contribution in [3.63, 3.8) is 0 Å². The summed E-state index contributed by atoms with van der Waals surface area (Å²) in [5.41, 5.74) is 1.53. The molecule has 416 valence electrons. The van der Waals surface area contributed by atoms with Crippen LogP contribution in [0.15, 0.2) is 52.6 Å². The van der Waals surface area contributed by atoms with Crippen molar-refractivity contribution in [3.8, 4) is 5.75 Å². The third-order valence-corrected chi connectivity index (χ3v) is 11.7. The number of carbonyl (C=O) groups excluding carboxylic acids is 2. The van der Waals surface area contributed by atoms with E-state index in [9.17, 15) is 22.8 Å². The van der Waals surface area contributed by atoms with Crippen LogP contribution in [0, 0.1) is 34.2 Å². The molecule has 2 aromatic rings. The van der Waals surface area contributed by atoms with E-state index >= 15 is 0 Å². The molecule has 1 saturated heterocycles. The van der Waals surface area contributed by atoms with Crippen LogP contribution in [0.1, 0.15) is 84.7 Å². The van der Waals surface area contributed by atoms with E-state index in [2.05, 4.69) is 51.0 Å². The number of amidine groups is 2. The molecule has 4 unspecified atom stereocenters. The number of carbonyl (C=O) groups is 2. The molecule has 4 atom stereocenters. The van der Waals surface area contributed by atoms with Crippen molar-refractivity contribution in [1.29, 1.82) is 10.8 Å². The Kier molecular flexibility index (Phi) is 32.3. The largest absolute Gasteiger partial charge is 0.420 e. The Morgan fingerprint density at radius 1 is 0.784 bits per heavy atom. The second-order valence-corrected chi connectivity index (χ2v) is 17.9. The number of benzene rings is 2. The Morgan fingerprint density at radius 3 is 1.85 bits per heavy atom. The molecule has 2 aromatic carbocycles. The van der Waals surface area contributed by atoms with Gasteiger partial charge in [0.05, 0.1) is 131 Å². The lowest BCUT2D eigenvalue weighted by Crippen LogP contribution is -2.47. The van der Waals surface area contributed by atoms with E-state index in [1.807, 2.05) is 36.9 Å². The van der Waals surface area contributed by atoms with E-state index in [4.69, 9.17) is 54.6 Å². The molecule has 0 radical (unpaired) electrons. The van der Waals surface area contributed by atoms with E-state index < -0.39 is 29.2 Å². The van der Waals surface area contributed by atoms with Crippen LogP contribution in [0.25, 0.3) is 0 Å². The number of rotatable bonds is 40. The Balaban J connectivity index is 1.12. The summed E-state index contributed by atoms with van der Waals surface area (Å²) in [7, 11) is 0. The number of halogens is 3. The van der Waals surface area contributed by atoms with Gasteiger partial charge in [0, 0.05) is 55.4 Å². The van der Waals surface area contributed by atoms with Gasteiger partial charge >= 0.3 is 5.97 Å². The zero-order valence-corrected chi connectivity index (χ0v) is 44.0. The summed E-state index contributed by atoms with van der Waals surface area (Å²) in [5.74, 6) is 0.700. The van der Waals surface area contributed by atoms with Gasteiger partial charge in [-0.25, -0.2) is 13.2 Å². The van der Waals surface area contributed by atoms with Crippen LogP contribution in [0.5, 0.6) is 5.75 Å². The summed E-state index contributed by atoms with van der Waals surface area (Å²) in [5, 5.41) is 23.9. The van der Waals surface area contributed by atoms with Gasteiger partial charge < -0.3 is 58.7 Å². The Morgan fingerprint density at radius 2 is 1.31 bits per heavy atom. The molecule has 0 saturated carbocycles. The fraction of sp³-hybridized carbons (Fsp3) is 0.654. The summed E-state index contributed by atoms with van der Waals surface area (Å²) in [6.45, 7) is 16.0. The topological polar surface area (TPSA) is 234 Å². The van der Waals surface area contributed by atoms with Crippen molar-refractivity contribution >= 4 is 35.5 Å². The number of aliphatic imine (C=N–C) groups is 1. The second-order valence-electron chi connectivity index (χ2n) is 17.9. The van der Waals surface area contributed by atoms with Crippen LogP contribution in [0.4, 0.5) is 13.2 Å². The molecule has 22 heteroatoms. The van der Waals surface area contributed by atoms with Crippen LogP contribution < -0.4 is 15.9 Å². The minimum atomic E-state index is -1.31. The number of likely N-dealkylation sites (tertiary alicyclic amines) is 1. The highest BCUT2D eigenvalue weighted by atomic mass is 19.1. The fourth-order valence-corrected chi connectivity index (χ4v) is 7.96. The van der Waals surface area contributed by atoms with E-state index in [1.165, 1.54) is 6.21 Å². The highest BCUT2D eigenvalue weighted by Crippen LogP contribution is 2.30. The molecule has 1 heterocycles. The Hall–Kier alpha value is -4.91. The van der Waals surface area contributed by atoms with Crippen LogP contribution in [-0.4, -0.2) is 182 Å². The number of nitrogens with two attached hydrogens (primary N) is 1. The summed E-state index contributed by atoms with van der Waals surface area (Å²) >= 11 is 0. The monoisotopic (exact) mass is 1050 g/mol. The van der Waals surface area contributed by atoms with Crippen LogP contribution in [0.2, 0.25) is 0 Å². The van der Waals surface area contributed by atoms with E-state index in [0.29, 0.717) is 121 Å². The minimum Gasteiger partial charge on any atom is -0.420 e. The molecular weight excluding hydrogens is 970 g/mol. The number of hydrazone groups is 1. The third-order valence-electron chi connectivity index (χ3n) is 11.7. The maximum Gasteiger partial charge on any atom is 0.313 e. The first kappa shape index (κ1) is 63.4. The van der Waals surface area contributed by atoms with Crippen molar-refractivity contribution in [3.05, 3.63) is 65.5 Å². The van der Waals surface area contributed by atoms with Gasteiger partial charge in [0.2, 0.25) is 11.7 Å². The van der Waals surface area contributed by atoms with Gasteiger partial charge in [0.25, 0.3) is 0 Å². The number of ether oxygens (including phenoxy) is 9. The summed E-state index contributed by atoms with van der Waals surface area (Å²) < 4.78 is 88.7. The van der Waals surface area contributed by atoms with Gasteiger partial charge in [-0.2, -0.15) is 5.10 Å². The zero-order chi connectivity index (χ0) is 53.9. The summed E-state index contributed by atoms with van der Waals surface area (Å²) in [6.07, 6.45) is 5.30. The van der Waals surface area contributed by atoms with Gasteiger partial charge in [-0.3, -0.25) is 30.3 Å². The fourth-order valence-electron chi connectivity index (χ4n) is 7.96. The van der Waals surface area contributed by atoms with Gasteiger partial charge in [0.1, 0.15) is 17.4 Å².